The summed E-state index contributed by atoms with van der Waals surface area (Å²) in [6.07, 6.45) is 6.07. The Morgan fingerprint density at radius 1 is 1.27 bits per heavy atom. The summed E-state index contributed by atoms with van der Waals surface area (Å²) < 4.78 is 1.41. The van der Waals surface area contributed by atoms with Gasteiger partial charge in [0.1, 0.15) is 6.29 Å². The number of allylic oxidation sites excluding steroid dienone is 1. The van der Waals surface area contributed by atoms with Gasteiger partial charge < -0.3 is 4.79 Å². The van der Waals surface area contributed by atoms with E-state index in [1.54, 1.807) is 0 Å². The van der Waals surface area contributed by atoms with Crippen LogP contribution < -0.4 is 0 Å². The predicted octanol–water partition coefficient (Wildman–Crippen LogP) is 2.68. The maximum atomic E-state index is 10.0. The van der Waals surface area contributed by atoms with E-state index in [9.17, 15) is 4.79 Å². The molecule has 1 heterocycles. The van der Waals surface area contributed by atoms with E-state index >= 15 is 0 Å². The van der Waals surface area contributed by atoms with Crippen molar-refractivity contribution in [3.63, 3.8) is 0 Å². The SMILES string of the molecule is O=CCCC=C1SCCCS1. The van der Waals surface area contributed by atoms with E-state index in [-0.39, 0.29) is 0 Å². The van der Waals surface area contributed by atoms with Crippen molar-refractivity contribution in [1.29, 1.82) is 0 Å². The third kappa shape index (κ3) is 3.87. The first-order valence-electron chi connectivity index (χ1n) is 3.83. The number of thioether (sulfide) groups is 2. The minimum absolute atomic E-state index is 0.671. The van der Waals surface area contributed by atoms with Gasteiger partial charge in [-0.25, -0.2) is 0 Å². The number of carbonyl (C=O) groups is 1. The molecule has 3 heteroatoms. The van der Waals surface area contributed by atoms with Crippen LogP contribution in [0.3, 0.4) is 0 Å². The van der Waals surface area contributed by atoms with Crippen LogP contribution in [0.15, 0.2) is 10.3 Å². The summed E-state index contributed by atoms with van der Waals surface area (Å²) in [5.74, 6) is 2.50. The number of hydrogen-bond donors (Lipinski definition) is 0. The standard InChI is InChI=1S/C8H12OS2/c9-5-2-1-4-8-10-6-3-7-11-8/h4-5H,1-3,6-7H2. The van der Waals surface area contributed by atoms with E-state index in [0.717, 1.165) is 12.7 Å². The summed E-state index contributed by atoms with van der Waals surface area (Å²) >= 11 is 3.84. The van der Waals surface area contributed by atoms with Crippen molar-refractivity contribution in [3.05, 3.63) is 10.3 Å². The zero-order chi connectivity index (χ0) is 7.94. The Morgan fingerprint density at radius 3 is 2.64 bits per heavy atom. The maximum absolute atomic E-state index is 10.0. The van der Waals surface area contributed by atoms with Gasteiger partial charge in [-0.3, -0.25) is 0 Å². The van der Waals surface area contributed by atoms with Crippen molar-refractivity contribution in [2.45, 2.75) is 19.3 Å². The molecule has 11 heavy (non-hydrogen) atoms. The summed E-state index contributed by atoms with van der Waals surface area (Å²) in [5.41, 5.74) is 0. The van der Waals surface area contributed by atoms with Gasteiger partial charge in [-0.05, 0) is 24.3 Å². The Morgan fingerprint density at radius 2 is 2.00 bits per heavy atom. The van der Waals surface area contributed by atoms with Gasteiger partial charge in [0.2, 0.25) is 0 Å². The van der Waals surface area contributed by atoms with Crippen LogP contribution in [0.25, 0.3) is 0 Å². The van der Waals surface area contributed by atoms with Crippen molar-refractivity contribution in [2.24, 2.45) is 0 Å². The molecule has 0 saturated carbocycles. The van der Waals surface area contributed by atoms with Gasteiger partial charge in [0, 0.05) is 10.7 Å². The molecule has 0 aromatic rings. The van der Waals surface area contributed by atoms with Crippen molar-refractivity contribution in [1.82, 2.24) is 0 Å². The fraction of sp³-hybridized carbons (Fsp3) is 0.625. The molecule has 1 aliphatic rings. The molecule has 1 nitrogen and oxygen atoms in total. The van der Waals surface area contributed by atoms with E-state index in [4.69, 9.17) is 0 Å². The second-order valence-electron chi connectivity index (χ2n) is 2.32. The predicted molar refractivity (Wildman–Crippen MR) is 52.9 cm³/mol. The number of rotatable bonds is 3. The first-order chi connectivity index (χ1) is 5.43. The molecule has 0 amide bonds. The highest BCUT2D eigenvalue weighted by atomic mass is 32.2. The first-order valence-corrected chi connectivity index (χ1v) is 5.80. The van der Waals surface area contributed by atoms with Gasteiger partial charge in [0.15, 0.2) is 0 Å². The molecule has 1 fully saturated rings. The van der Waals surface area contributed by atoms with E-state index < -0.39 is 0 Å². The Bertz CT molecular complexity index is 146. The van der Waals surface area contributed by atoms with Crippen LogP contribution in [0, 0.1) is 0 Å². The van der Waals surface area contributed by atoms with E-state index in [2.05, 4.69) is 6.08 Å². The van der Waals surface area contributed by atoms with Crippen LogP contribution in [-0.2, 0) is 4.79 Å². The number of hydrogen-bond acceptors (Lipinski definition) is 3. The Balaban J connectivity index is 2.20. The molecule has 0 aliphatic carbocycles. The summed E-state index contributed by atoms with van der Waals surface area (Å²) in [6.45, 7) is 0. The van der Waals surface area contributed by atoms with Gasteiger partial charge >= 0.3 is 0 Å². The van der Waals surface area contributed by atoms with Gasteiger partial charge in [-0.15, -0.1) is 23.5 Å². The molecule has 0 N–H and O–H groups in total. The van der Waals surface area contributed by atoms with Crippen molar-refractivity contribution >= 4 is 29.8 Å². The molecule has 0 aromatic heterocycles. The Labute approximate surface area is 76.0 Å². The average molecular weight is 188 g/mol. The minimum Gasteiger partial charge on any atom is -0.303 e. The topological polar surface area (TPSA) is 17.1 Å². The smallest absolute Gasteiger partial charge is 0.120 e. The van der Waals surface area contributed by atoms with Crippen LogP contribution in [-0.4, -0.2) is 17.8 Å². The summed E-state index contributed by atoms with van der Waals surface area (Å²) in [4.78, 5) is 10.0. The fourth-order valence-electron chi connectivity index (χ4n) is 0.833. The summed E-state index contributed by atoms with van der Waals surface area (Å²) in [7, 11) is 0. The molecule has 0 atom stereocenters. The van der Waals surface area contributed by atoms with E-state index in [1.165, 1.54) is 22.2 Å². The quantitative estimate of drug-likeness (QED) is 0.500. The van der Waals surface area contributed by atoms with Gasteiger partial charge in [-0.2, -0.15) is 0 Å². The van der Waals surface area contributed by atoms with Crippen molar-refractivity contribution in [3.8, 4) is 0 Å². The van der Waals surface area contributed by atoms with E-state index in [1.807, 2.05) is 23.5 Å². The lowest BCUT2D eigenvalue weighted by molar-refractivity contribution is -0.107. The first kappa shape index (κ1) is 9.20. The lowest BCUT2D eigenvalue weighted by atomic mass is 10.3. The molecule has 62 valence electrons. The summed E-state index contributed by atoms with van der Waals surface area (Å²) in [6, 6.07) is 0. The van der Waals surface area contributed by atoms with Crippen LogP contribution >= 0.6 is 23.5 Å². The maximum Gasteiger partial charge on any atom is 0.120 e. The van der Waals surface area contributed by atoms with Gasteiger partial charge in [0.05, 0.1) is 0 Å². The third-order valence-electron chi connectivity index (χ3n) is 1.37. The summed E-state index contributed by atoms with van der Waals surface area (Å²) in [5, 5.41) is 0. The molecular weight excluding hydrogens is 176 g/mol. The van der Waals surface area contributed by atoms with Crippen LogP contribution in [0.2, 0.25) is 0 Å². The zero-order valence-corrected chi connectivity index (χ0v) is 8.05. The number of carbonyl (C=O) groups excluding carboxylic acids is 1. The van der Waals surface area contributed by atoms with Crippen molar-refractivity contribution < 1.29 is 4.79 Å². The second kappa shape index (κ2) is 5.72. The highest BCUT2D eigenvalue weighted by molar-refractivity contribution is 8.22. The second-order valence-corrected chi connectivity index (χ2v) is 4.85. The van der Waals surface area contributed by atoms with Gasteiger partial charge in [-0.1, -0.05) is 6.08 Å². The molecule has 0 bridgehead atoms. The van der Waals surface area contributed by atoms with E-state index in [0.29, 0.717) is 6.42 Å². The van der Waals surface area contributed by atoms with Crippen LogP contribution in [0.1, 0.15) is 19.3 Å². The Hall–Kier alpha value is 0.110. The molecule has 0 radical (unpaired) electrons. The fourth-order valence-corrected chi connectivity index (χ4v) is 3.30. The molecule has 1 saturated heterocycles. The lowest BCUT2D eigenvalue weighted by Gasteiger charge is -2.11. The normalized spacial score (nSPS) is 18.0. The lowest BCUT2D eigenvalue weighted by Crippen LogP contribution is -1.91. The number of unbranched alkanes of at least 4 members (excludes halogenated alkanes) is 1. The highest BCUT2D eigenvalue weighted by Crippen LogP contribution is 2.34. The van der Waals surface area contributed by atoms with Crippen LogP contribution in [0.4, 0.5) is 0 Å². The molecule has 1 aliphatic heterocycles. The average Bonchev–Trinajstić information content (AvgIpc) is 2.07. The van der Waals surface area contributed by atoms with Crippen LogP contribution in [0.5, 0.6) is 0 Å². The molecule has 1 rings (SSSR count). The van der Waals surface area contributed by atoms with Crippen molar-refractivity contribution in [2.75, 3.05) is 11.5 Å². The monoisotopic (exact) mass is 188 g/mol. The Kier molecular flexibility index (Phi) is 4.79. The highest BCUT2D eigenvalue weighted by Gasteiger charge is 2.04. The largest absolute Gasteiger partial charge is 0.303 e. The molecule has 0 aromatic carbocycles. The number of aldehydes is 1. The molecule has 0 unspecified atom stereocenters. The molecular formula is C8H12OS2. The molecule has 0 spiro atoms. The third-order valence-corrected chi connectivity index (χ3v) is 3.97. The van der Waals surface area contributed by atoms with Gasteiger partial charge in [0.25, 0.3) is 0 Å². The minimum atomic E-state index is 0.671. The zero-order valence-electron chi connectivity index (χ0n) is 6.41.